The molecular formula is C18H26N2O3S. The van der Waals surface area contributed by atoms with Gasteiger partial charge in [-0.1, -0.05) is 33.1 Å². The summed E-state index contributed by atoms with van der Waals surface area (Å²) in [6, 6.07) is 6.77. The van der Waals surface area contributed by atoms with Gasteiger partial charge in [-0.25, -0.2) is 4.79 Å². The van der Waals surface area contributed by atoms with Crippen molar-refractivity contribution in [3.63, 3.8) is 0 Å². The van der Waals surface area contributed by atoms with E-state index in [0.29, 0.717) is 24.3 Å². The summed E-state index contributed by atoms with van der Waals surface area (Å²) in [5.41, 5.74) is 1.19. The Labute approximate surface area is 149 Å². The minimum atomic E-state index is -0.341. The van der Waals surface area contributed by atoms with E-state index >= 15 is 0 Å². The van der Waals surface area contributed by atoms with Crippen molar-refractivity contribution in [1.29, 1.82) is 0 Å². The Hall–Kier alpha value is -1.95. The van der Waals surface area contributed by atoms with Crippen LogP contribution in [-0.4, -0.2) is 23.6 Å². The van der Waals surface area contributed by atoms with Gasteiger partial charge in [0.2, 0.25) is 5.91 Å². The van der Waals surface area contributed by atoms with Crippen LogP contribution >= 0.6 is 12.2 Å². The Bertz CT molecular complexity index is 544. The number of hydrogen-bond acceptors (Lipinski definition) is 4. The summed E-state index contributed by atoms with van der Waals surface area (Å²) >= 11 is 5.12. The summed E-state index contributed by atoms with van der Waals surface area (Å²) in [6.07, 6.45) is 5.48. The molecule has 0 aliphatic heterocycles. The van der Waals surface area contributed by atoms with E-state index in [2.05, 4.69) is 17.6 Å². The number of unbranched alkanes of at least 4 members (excludes halogenated alkanes) is 3. The summed E-state index contributed by atoms with van der Waals surface area (Å²) in [6.45, 7) is 4.49. The fourth-order valence-electron chi connectivity index (χ4n) is 2.03. The SMILES string of the molecule is CCCCCCC(=O)NC(=S)Nc1ccc(C(=O)OCCC)cc1. The Morgan fingerprint density at radius 1 is 1.04 bits per heavy atom. The van der Waals surface area contributed by atoms with Gasteiger partial charge in [-0.05, 0) is 49.3 Å². The van der Waals surface area contributed by atoms with E-state index in [0.717, 1.165) is 32.1 Å². The highest BCUT2D eigenvalue weighted by molar-refractivity contribution is 7.80. The van der Waals surface area contributed by atoms with Gasteiger partial charge in [0, 0.05) is 12.1 Å². The first kappa shape index (κ1) is 20.1. The summed E-state index contributed by atoms with van der Waals surface area (Å²) in [4.78, 5) is 23.5. The van der Waals surface area contributed by atoms with E-state index in [1.165, 1.54) is 0 Å². The van der Waals surface area contributed by atoms with Gasteiger partial charge in [-0.15, -0.1) is 0 Å². The molecular weight excluding hydrogens is 324 g/mol. The number of hydrogen-bond donors (Lipinski definition) is 2. The van der Waals surface area contributed by atoms with Gasteiger partial charge in [0.05, 0.1) is 12.2 Å². The number of esters is 1. The number of carbonyl (C=O) groups is 2. The summed E-state index contributed by atoms with van der Waals surface area (Å²) in [5.74, 6) is -0.422. The van der Waals surface area contributed by atoms with Gasteiger partial charge < -0.3 is 15.4 Å². The zero-order valence-corrected chi connectivity index (χ0v) is 15.2. The van der Waals surface area contributed by atoms with E-state index in [9.17, 15) is 9.59 Å². The monoisotopic (exact) mass is 350 g/mol. The second-order valence-electron chi connectivity index (χ2n) is 5.53. The minimum absolute atomic E-state index is 0.0802. The van der Waals surface area contributed by atoms with Crippen molar-refractivity contribution < 1.29 is 14.3 Å². The third-order valence-corrected chi connectivity index (χ3v) is 3.53. The van der Waals surface area contributed by atoms with E-state index in [1.807, 2.05) is 6.92 Å². The molecule has 5 nitrogen and oxygen atoms in total. The molecule has 0 atom stereocenters. The van der Waals surface area contributed by atoms with Crippen LogP contribution in [0.4, 0.5) is 5.69 Å². The Balaban J connectivity index is 2.38. The number of thiocarbonyl (C=S) groups is 1. The summed E-state index contributed by atoms with van der Waals surface area (Å²) < 4.78 is 5.06. The van der Waals surface area contributed by atoms with Crippen molar-refractivity contribution in [1.82, 2.24) is 5.32 Å². The first-order valence-electron chi connectivity index (χ1n) is 8.44. The zero-order chi connectivity index (χ0) is 17.8. The summed E-state index contributed by atoms with van der Waals surface area (Å²) in [5, 5.41) is 5.85. The van der Waals surface area contributed by atoms with Crippen molar-refractivity contribution in [2.24, 2.45) is 0 Å². The lowest BCUT2D eigenvalue weighted by atomic mass is 10.1. The maximum absolute atomic E-state index is 11.8. The molecule has 2 N–H and O–H groups in total. The van der Waals surface area contributed by atoms with E-state index in [-0.39, 0.29) is 17.0 Å². The topological polar surface area (TPSA) is 67.4 Å². The van der Waals surface area contributed by atoms with Gasteiger partial charge in [-0.2, -0.15) is 0 Å². The Kier molecular flexibility index (Phi) is 9.68. The van der Waals surface area contributed by atoms with Crippen molar-refractivity contribution in [2.45, 2.75) is 52.4 Å². The van der Waals surface area contributed by atoms with E-state index in [1.54, 1.807) is 24.3 Å². The molecule has 6 heteroatoms. The molecule has 0 bridgehead atoms. The Morgan fingerprint density at radius 2 is 1.75 bits per heavy atom. The largest absolute Gasteiger partial charge is 0.462 e. The summed E-state index contributed by atoms with van der Waals surface area (Å²) in [7, 11) is 0. The number of rotatable bonds is 9. The number of benzene rings is 1. The lowest BCUT2D eigenvalue weighted by Crippen LogP contribution is -2.33. The second kappa shape index (κ2) is 11.6. The number of ether oxygens (including phenoxy) is 1. The molecule has 0 aliphatic rings. The van der Waals surface area contributed by atoms with Gasteiger partial charge >= 0.3 is 5.97 Å². The lowest BCUT2D eigenvalue weighted by molar-refractivity contribution is -0.119. The molecule has 0 fully saturated rings. The predicted molar refractivity (Wildman–Crippen MR) is 100 cm³/mol. The number of nitrogens with one attached hydrogen (secondary N) is 2. The molecule has 132 valence electrons. The number of carbonyl (C=O) groups excluding carboxylic acids is 2. The second-order valence-corrected chi connectivity index (χ2v) is 5.93. The minimum Gasteiger partial charge on any atom is -0.462 e. The van der Waals surface area contributed by atoms with Gasteiger partial charge in [0.15, 0.2) is 5.11 Å². The van der Waals surface area contributed by atoms with Crippen LogP contribution in [-0.2, 0) is 9.53 Å². The lowest BCUT2D eigenvalue weighted by Gasteiger charge is -2.10. The number of amides is 1. The smallest absolute Gasteiger partial charge is 0.338 e. The molecule has 1 aromatic carbocycles. The third kappa shape index (κ3) is 8.06. The standard InChI is InChI=1S/C18H26N2O3S/c1-3-5-6-7-8-16(21)20-18(24)19-15-11-9-14(10-12-15)17(22)23-13-4-2/h9-12H,3-8,13H2,1-2H3,(H2,19,20,21,24). The van der Waals surface area contributed by atoms with Gasteiger partial charge in [0.25, 0.3) is 0 Å². The third-order valence-electron chi connectivity index (χ3n) is 3.33. The van der Waals surface area contributed by atoms with E-state index < -0.39 is 0 Å². The molecule has 1 amide bonds. The van der Waals surface area contributed by atoms with Gasteiger partial charge in [-0.3, -0.25) is 4.79 Å². The maximum Gasteiger partial charge on any atom is 0.338 e. The Morgan fingerprint density at radius 3 is 2.38 bits per heavy atom. The highest BCUT2D eigenvalue weighted by atomic mass is 32.1. The predicted octanol–water partition coefficient (Wildman–Crippen LogP) is 4.04. The zero-order valence-electron chi connectivity index (χ0n) is 14.4. The van der Waals surface area contributed by atoms with Crippen molar-refractivity contribution in [2.75, 3.05) is 11.9 Å². The highest BCUT2D eigenvalue weighted by Crippen LogP contribution is 2.11. The molecule has 0 unspecified atom stereocenters. The molecule has 1 rings (SSSR count). The van der Waals surface area contributed by atoms with Crippen LogP contribution in [0.15, 0.2) is 24.3 Å². The molecule has 24 heavy (non-hydrogen) atoms. The average molecular weight is 350 g/mol. The van der Waals surface area contributed by atoms with Crippen molar-refractivity contribution in [3.8, 4) is 0 Å². The molecule has 0 saturated carbocycles. The first-order chi connectivity index (χ1) is 11.6. The van der Waals surface area contributed by atoms with Crippen LogP contribution in [0, 0.1) is 0 Å². The number of anilines is 1. The van der Waals surface area contributed by atoms with Crippen LogP contribution < -0.4 is 10.6 Å². The van der Waals surface area contributed by atoms with Crippen LogP contribution in [0.25, 0.3) is 0 Å². The fourth-order valence-corrected chi connectivity index (χ4v) is 2.26. The normalized spacial score (nSPS) is 10.1. The highest BCUT2D eigenvalue weighted by Gasteiger charge is 2.08. The van der Waals surface area contributed by atoms with Crippen LogP contribution in [0.1, 0.15) is 62.7 Å². The van der Waals surface area contributed by atoms with Crippen LogP contribution in [0.3, 0.4) is 0 Å². The molecule has 0 aliphatic carbocycles. The average Bonchev–Trinajstić information content (AvgIpc) is 2.57. The quantitative estimate of drug-likeness (QED) is 0.400. The molecule has 0 heterocycles. The fraction of sp³-hybridized carbons (Fsp3) is 0.500. The molecule has 0 saturated heterocycles. The van der Waals surface area contributed by atoms with Gasteiger partial charge in [0.1, 0.15) is 0 Å². The van der Waals surface area contributed by atoms with E-state index in [4.69, 9.17) is 17.0 Å². The molecule has 1 aromatic rings. The van der Waals surface area contributed by atoms with Crippen molar-refractivity contribution in [3.05, 3.63) is 29.8 Å². The molecule has 0 aromatic heterocycles. The molecule has 0 spiro atoms. The van der Waals surface area contributed by atoms with Crippen molar-refractivity contribution >= 4 is 34.9 Å². The van der Waals surface area contributed by atoms with Crippen LogP contribution in [0.5, 0.6) is 0 Å². The molecule has 0 radical (unpaired) electrons. The maximum atomic E-state index is 11.8. The first-order valence-corrected chi connectivity index (χ1v) is 8.85. The van der Waals surface area contributed by atoms with Crippen LogP contribution in [0.2, 0.25) is 0 Å².